The monoisotopic (exact) mass is 185 g/mol. The number of rotatable bonds is 2. The SMILES string of the molecule is CC(C)C(=O)N[C@H]1CCCC[C@H]1O. The topological polar surface area (TPSA) is 49.3 Å². The van der Waals surface area contributed by atoms with Gasteiger partial charge < -0.3 is 10.4 Å². The van der Waals surface area contributed by atoms with Crippen molar-refractivity contribution in [3.05, 3.63) is 0 Å². The zero-order valence-corrected chi connectivity index (χ0v) is 8.42. The predicted molar refractivity (Wildman–Crippen MR) is 51.2 cm³/mol. The fraction of sp³-hybridized carbons (Fsp3) is 0.900. The molecule has 1 aliphatic rings. The molecule has 1 fully saturated rings. The van der Waals surface area contributed by atoms with Crippen LogP contribution in [0.3, 0.4) is 0 Å². The zero-order valence-electron chi connectivity index (χ0n) is 8.42. The molecule has 1 amide bonds. The highest BCUT2D eigenvalue weighted by atomic mass is 16.3. The highest BCUT2D eigenvalue weighted by Crippen LogP contribution is 2.18. The molecule has 0 aromatic carbocycles. The van der Waals surface area contributed by atoms with Gasteiger partial charge in [0.25, 0.3) is 0 Å². The van der Waals surface area contributed by atoms with Crippen molar-refractivity contribution in [3.63, 3.8) is 0 Å². The number of aliphatic hydroxyl groups is 1. The molecule has 2 atom stereocenters. The molecule has 0 radical (unpaired) electrons. The Balaban J connectivity index is 2.38. The summed E-state index contributed by atoms with van der Waals surface area (Å²) >= 11 is 0. The lowest BCUT2D eigenvalue weighted by molar-refractivity contribution is -0.125. The van der Waals surface area contributed by atoms with Gasteiger partial charge in [0.05, 0.1) is 12.1 Å². The van der Waals surface area contributed by atoms with Gasteiger partial charge in [0.2, 0.25) is 5.91 Å². The quantitative estimate of drug-likeness (QED) is 0.676. The smallest absolute Gasteiger partial charge is 0.222 e. The Morgan fingerprint density at radius 2 is 2.00 bits per heavy atom. The average molecular weight is 185 g/mol. The lowest BCUT2D eigenvalue weighted by atomic mass is 9.92. The van der Waals surface area contributed by atoms with Crippen LogP contribution in [0.5, 0.6) is 0 Å². The molecule has 1 rings (SSSR count). The van der Waals surface area contributed by atoms with Crippen LogP contribution in [0.1, 0.15) is 39.5 Å². The van der Waals surface area contributed by atoms with Gasteiger partial charge in [-0.25, -0.2) is 0 Å². The van der Waals surface area contributed by atoms with Crippen LogP contribution in [0, 0.1) is 5.92 Å². The maximum absolute atomic E-state index is 11.3. The van der Waals surface area contributed by atoms with Crippen LogP contribution in [-0.4, -0.2) is 23.2 Å². The summed E-state index contributed by atoms with van der Waals surface area (Å²) in [5.74, 6) is 0.0556. The summed E-state index contributed by atoms with van der Waals surface area (Å²) in [5.41, 5.74) is 0. The molecule has 0 bridgehead atoms. The van der Waals surface area contributed by atoms with Crippen molar-refractivity contribution in [1.29, 1.82) is 0 Å². The van der Waals surface area contributed by atoms with Gasteiger partial charge in [0, 0.05) is 5.92 Å². The molecule has 1 saturated carbocycles. The lowest BCUT2D eigenvalue weighted by Gasteiger charge is -2.28. The molecule has 0 heterocycles. The summed E-state index contributed by atoms with van der Waals surface area (Å²) in [6.45, 7) is 3.73. The zero-order chi connectivity index (χ0) is 9.84. The number of nitrogens with one attached hydrogen (secondary N) is 1. The number of hydrogen-bond acceptors (Lipinski definition) is 2. The van der Waals surface area contributed by atoms with Crippen LogP contribution in [0.25, 0.3) is 0 Å². The standard InChI is InChI=1S/C10H19NO2/c1-7(2)10(13)11-8-5-3-4-6-9(8)12/h7-9,12H,3-6H2,1-2H3,(H,11,13)/t8-,9+/m0/s1. The Bertz CT molecular complexity index is 180. The second-order valence-electron chi connectivity index (χ2n) is 4.12. The lowest BCUT2D eigenvalue weighted by Crippen LogP contribution is -2.46. The molecular weight excluding hydrogens is 166 g/mol. The van der Waals surface area contributed by atoms with E-state index in [1.54, 1.807) is 0 Å². The number of hydrogen-bond donors (Lipinski definition) is 2. The Kier molecular flexibility index (Phi) is 3.72. The van der Waals surface area contributed by atoms with E-state index in [0.29, 0.717) is 0 Å². The minimum Gasteiger partial charge on any atom is -0.391 e. The third-order valence-electron chi connectivity index (χ3n) is 2.58. The molecule has 0 aromatic heterocycles. The normalized spacial score (nSPS) is 28.9. The van der Waals surface area contributed by atoms with E-state index in [1.165, 1.54) is 0 Å². The summed E-state index contributed by atoms with van der Waals surface area (Å²) < 4.78 is 0. The number of carbonyl (C=O) groups is 1. The second kappa shape index (κ2) is 4.61. The van der Waals surface area contributed by atoms with Crippen molar-refractivity contribution < 1.29 is 9.90 Å². The summed E-state index contributed by atoms with van der Waals surface area (Å²) in [6, 6.07) is -0.0105. The van der Waals surface area contributed by atoms with Crippen molar-refractivity contribution in [2.45, 2.75) is 51.7 Å². The van der Waals surface area contributed by atoms with Gasteiger partial charge in [-0.05, 0) is 12.8 Å². The van der Waals surface area contributed by atoms with Gasteiger partial charge in [-0.2, -0.15) is 0 Å². The Labute approximate surface area is 79.5 Å². The van der Waals surface area contributed by atoms with Gasteiger partial charge in [0.1, 0.15) is 0 Å². The van der Waals surface area contributed by atoms with E-state index in [9.17, 15) is 9.90 Å². The van der Waals surface area contributed by atoms with Gasteiger partial charge >= 0.3 is 0 Å². The van der Waals surface area contributed by atoms with E-state index in [4.69, 9.17) is 0 Å². The predicted octanol–water partition coefficient (Wildman–Crippen LogP) is 1.06. The molecule has 0 aromatic rings. The van der Waals surface area contributed by atoms with Crippen molar-refractivity contribution >= 4 is 5.91 Å². The van der Waals surface area contributed by atoms with Crippen molar-refractivity contribution in [2.75, 3.05) is 0 Å². The highest BCUT2D eigenvalue weighted by Gasteiger charge is 2.24. The largest absolute Gasteiger partial charge is 0.391 e. The summed E-state index contributed by atoms with van der Waals surface area (Å²) in [4.78, 5) is 11.3. The average Bonchev–Trinajstić information content (AvgIpc) is 2.08. The van der Waals surface area contributed by atoms with Crippen LogP contribution in [0.2, 0.25) is 0 Å². The van der Waals surface area contributed by atoms with Gasteiger partial charge in [-0.3, -0.25) is 4.79 Å². The molecule has 0 saturated heterocycles. The first-order valence-corrected chi connectivity index (χ1v) is 5.09. The minimum atomic E-state index is -0.337. The summed E-state index contributed by atoms with van der Waals surface area (Å²) in [7, 11) is 0. The molecule has 0 spiro atoms. The summed E-state index contributed by atoms with van der Waals surface area (Å²) in [6.07, 6.45) is 3.59. The fourth-order valence-corrected chi connectivity index (χ4v) is 1.63. The van der Waals surface area contributed by atoms with Crippen molar-refractivity contribution in [1.82, 2.24) is 5.32 Å². The Morgan fingerprint density at radius 1 is 1.38 bits per heavy atom. The van der Waals surface area contributed by atoms with Crippen LogP contribution < -0.4 is 5.32 Å². The second-order valence-corrected chi connectivity index (χ2v) is 4.12. The molecular formula is C10H19NO2. The maximum Gasteiger partial charge on any atom is 0.222 e. The van der Waals surface area contributed by atoms with Crippen LogP contribution in [0.15, 0.2) is 0 Å². The van der Waals surface area contributed by atoms with Crippen LogP contribution in [0.4, 0.5) is 0 Å². The number of amides is 1. The first-order valence-electron chi connectivity index (χ1n) is 5.09. The minimum absolute atomic E-state index is 0.00845. The Morgan fingerprint density at radius 3 is 2.54 bits per heavy atom. The van der Waals surface area contributed by atoms with Gasteiger partial charge in [0.15, 0.2) is 0 Å². The van der Waals surface area contributed by atoms with E-state index < -0.39 is 0 Å². The van der Waals surface area contributed by atoms with E-state index >= 15 is 0 Å². The Hall–Kier alpha value is -0.570. The molecule has 13 heavy (non-hydrogen) atoms. The van der Waals surface area contributed by atoms with Crippen molar-refractivity contribution in [3.8, 4) is 0 Å². The molecule has 2 N–H and O–H groups in total. The van der Waals surface area contributed by atoms with E-state index in [-0.39, 0.29) is 24.0 Å². The molecule has 76 valence electrons. The molecule has 3 heteroatoms. The highest BCUT2D eigenvalue weighted by molar-refractivity contribution is 5.78. The van der Waals surface area contributed by atoms with Gasteiger partial charge in [-0.15, -0.1) is 0 Å². The first-order chi connectivity index (χ1) is 6.11. The van der Waals surface area contributed by atoms with E-state index in [1.807, 2.05) is 13.8 Å². The fourth-order valence-electron chi connectivity index (χ4n) is 1.63. The van der Waals surface area contributed by atoms with Crippen LogP contribution >= 0.6 is 0 Å². The van der Waals surface area contributed by atoms with E-state index in [0.717, 1.165) is 25.7 Å². The number of carbonyl (C=O) groups excluding carboxylic acids is 1. The third kappa shape index (κ3) is 2.99. The molecule has 0 unspecified atom stereocenters. The first kappa shape index (κ1) is 10.5. The summed E-state index contributed by atoms with van der Waals surface area (Å²) in [5, 5.41) is 12.5. The number of aliphatic hydroxyl groups excluding tert-OH is 1. The van der Waals surface area contributed by atoms with Crippen LogP contribution in [-0.2, 0) is 4.79 Å². The third-order valence-corrected chi connectivity index (χ3v) is 2.58. The van der Waals surface area contributed by atoms with Crippen molar-refractivity contribution in [2.24, 2.45) is 5.92 Å². The van der Waals surface area contributed by atoms with Gasteiger partial charge in [-0.1, -0.05) is 26.7 Å². The maximum atomic E-state index is 11.3. The van der Waals surface area contributed by atoms with E-state index in [2.05, 4.69) is 5.32 Å². The molecule has 1 aliphatic carbocycles. The molecule has 3 nitrogen and oxygen atoms in total. The molecule has 0 aliphatic heterocycles.